The van der Waals surface area contributed by atoms with Gasteiger partial charge in [-0.1, -0.05) is 19.1 Å². The van der Waals surface area contributed by atoms with E-state index in [2.05, 4.69) is 12.2 Å². The lowest BCUT2D eigenvalue weighted by molar-refractivity contribution is -0.117. The molecule has 1 aromatic carbocycles. The van der Waals surface area contributed by atoms with Crippen LogP contribution in [-0.2, 0) is 4.79 Å². The predicted octanol–water partition coefficient (Wildman–Crippen LogP) is 3.40. The topological polar surface area (TPSA) is 38.3 Å². The number of benzene rings is 1. The first-order valence-electron chi connectivity index (χ1n) is 6.64. The smallest absolute Gasteiger partial charge is 0.244 e. The molecule has 0 aliphatic rings. The molecule has 104 valence electrons. The summed E-state index contributed by atoms with van der Waals surface area (Å²) >= 11 is 0. The number of hydrogen-bond acceptors (Lipinski definition) is 2. The predicted molar refractivity (Wildman–Crippen MR) is 79.2 cm³/mol. The van der Waals surface area contributed by atoms with Gasteiger partial charge in [0.2, 0.25) is 5.91 Å². The molecular weight excluding hydrogens is 238 g/mol. The van der Waals surface area contributed by atoms with E-state index in [0.717, 1.165) is 24.3 Å². The van der Waals surface area contributed by atoms with Gasteiger partial charge in [-0.25, -0.2) is 0 Å². The number of rotatable bonds is 5. The number of nitrogens with one attached hydrogen (secondary N) is 1. The van der Waals surface area contributed by atoms with Crippen LogP contribution in [0.3, 0.4) is 0 Å². The number of amides is 1. The maximum Gasteiger partial charge on any atom is 0.244 e. The molecule has 0 atom stereocenters. The molecule has 3 heteroatoms. The summed E-state index contributed by atoms with van der Waals surface area (Å²) < 4.78 is 5.50. The lowest BCUT2D eigenvalue weighted by Crippen LogP contribution is -2.39. The highest BCUT2D eigenvalue weighted by Crippen LogP contribution is 2.13. The van der Waals surface area contributed by atoms with Crippen LogP contribution < -0.4 is 10.1 Å². The van der Waals surface area contributed by atoms with Crippen LogP contribution in [0.2, 0.25) is 0 Å². The average molecular weight is 261 g/mol. The fourth-order valence-electron chi connectivity index (χ4n) is 1.48. The number of hydrogen-bond donors (Lipinski definition) is 1. The minimum absolute atomic E-state index is 0.0844. The van der Waals surface area contributed by atoms with E-state index in [0.29, 0.717) is 0 Å². The second-order valence-corrected chi connectivity index (χ2v) is 5.49. The Hall–Kier alpha value is -1.77. The molecule has 3 nitrogen and oxygen atoms in total. The number of carbonyl (C=O) groups excluding carboxylic acids is 1. The molecule has 0 aliphatic carbocycles. The molecule has 1 aromatic rings. The Morgan fingerprint density at radius 1 is 1.26 bits per heavy atom. The van der Waals surface area contributed by atoms with Gasteiger partial charge in [0.25, 0.3) is 0 Å². The summed E-state index contributed by atoms with van der Waals surface area (Å²) in [6.07, 6.45) is 4.34. The standard InChI is InChI=1S/C16H23NO2/c1-5-12-19-14-9-6-13(7-10-14)8-11-15(18)17-16(2,3)4/h6-11H,5,12H2,1-4H3,(H,17,18)/b11-8+. The molecule has 0 heterocycles. The molecule has 0 aromatic heterocycles. The van der Waals surface area contributed by atoms with Crippen molar-refractivity contribution in [2.75, 3.05) is 6.61 Å². The SMILES string of the molecule is CCCOc1ccc(/C=C/C(=O)NC(C)(C)C)cc1. The average Bonchev–Trinajstić information content (AvgIpc) is 2.33. The number of carbonyl (C=O) groups is 1. The minimum atomic E-state index is -0.209. The van der Waals surface area contributed by atoms with Crippen molar-refractivity contribution in [2.24, 2.45) is 0 Å². The third-order valence-corrected chi connectivity index (χ3v) is 2.28. The van der Waals surface area contributed by atoms with E-state index in [1.54, 1.807) is 12.2 Å². The Labute approximate surface area is 115 Å². The van der Waals surface area contributed by atoms with Gasteiger partial charge in [0.05, 0.1) is 6.61 Å². The van der Waals surface area contributed by atoms with Crippen molar-refractivity contribution in [3.63, 3.8) is 0 Å². The van der Waals surface area contributed by atoms with Crippen molar-refractivity contribution >= 4 is 12.0 Å². The lowest BCUT2D eigenvalue weighted by atomic mass is 10.1. The van der Waals surface area contributed by atoms with E-state index < -0.39 is 0 Å². The van der Waals surface area contributed by atoms with Crippen LogP contribution in [0.4, 0.5) is 0 Å². The van der Waals surface area contributed by atoms with Gasteiger partial charge in [0.1, 0.15) is 5.75 Å². The fourth-order valence-corrected chi connectivity index (χ4v) is 1.48. The normalized spacial score (nSPS) is 11.6. The lowest BCUT2D eigenvalue weighted by Gasteiger charge is -2.18. The number of ether oxygens (including phenoxy) is 1. The van der Waals surface area contributed by atoms with Crippen molar-refractivity contribution in [1.29, 1.82) is 0 Å². The molecule has 1 amide bonds. The van der Waals surface area contributed by atoms with Gasteiger partial charge in [-0.3, -0.25) is 4.79 Å². The second-order valence-electron chi connectivity index (χ2n) is 5.49. The van der Waals surface area contributed by atoms with Crippen LogP contribution >= 0.6 is 0 Å². The van der Waals surface area contributed by atoms with Crippen molar-refractivity contribution in [3.8, 4) is 5.75 Å². The first-order chi connectivity index (χ1) is 8.90. The summed E-state index contributed by atoms with van der Waals surface area (Å²) in [6, 6.07) is 7.70. The quantitative estimate of drug-likeness (QED) is 0.825. The Morgan fingerprint density at radius 3 is 2.42 bits per heavy atom. The largest absolute Gasteiger partial charge is 0.494 e. The van der Waals surface area contributed by atoms with E-state index in [1.807, 2.05) is 45.0 Å². The van der Waals surface area contributed by atoms with Gasteiger partial charge in [-0.2, -0.15) is 0 Å². The Kier molecular flexibility index (Phi) is 5.61. The van der Waals surface area contributed by atoms with Crippen LogP contribution in [-0.4, -0.2) is 18.1 Å². The molecule has 0 aliphatic heterocycles. The van der Waals surface area contributed by atoms with E-state index in [-0.39, 0.29) is 11.4 Å². The maximum atomic E-state index is 11.6. The summed E-state index contributed by atoms with van der Waals surface area (Å²) in [7, 11) is 0. The van der Waals surface area contributed by atoms with E-state index in [9.17, 15) is 4.79 Å². The van der Waals surface area contributed by atoms with Crippen LogP contribution in [0.15, 0.2) is 30.3 Å². The molecule has 0 radical (unpaired) electrons. The monoisotopic (exact) mass is 261 g/mol. The van der Waals surface area contributed by atoms with Crippen LogP contribution in [0.25, 0.3) is 6.08 Å². The zero-order valence-corrected chi connectivity index (χ0v) is 12.2. The zero-order valence-electron chi connectivity index (χ0n) is 12.2. The summed E-state index contributed by atoms with van der Waals surface area (Å²) in [5.41, 5.74) is 0.770. The van der Waals surface area contributed by atoms with Gasteiger partial charge >= 0.3 is 0 Å². The zero-order chi connectivity index (χ0) is 14.3. The van der Waals surface area contributed by atoms with E-state index in [1.165, 1.54) is 0 Å². The molecule has 0 spiro atoms. The van der Waals surface area contributed by atoms with Crippen LogP contribution in [0.5, 0.6) is 5.75 Å². The van der Waals surface area contributed by atoms with Gasteiger partial charge in [0, 0.05) is 11.6 Å². The molecule has 0 unspecified atom stereocenters. The minimum Gasteiger partial charge on any atom is -0.494 e. The molecular formula is C16H23NO2. The Morgan fingerprint density at radius 2 is 1.89 bits per heavy atom. The third kappa shape index (κ3) is 6.65. The molecule has 1 N–H and O–H groups in total. The van der Waals surface area contributed by atoms with Crippen molar-refractivity contribution in [1.82, 2.24) is 5.32 Å². The van der Waals surface area contributed by atoms with Gasteiger partial charge < -0.3 is 10.1 Å². The Bertz CT molecular complexity index is 427. The second kappa shape index (κ2) is 6.98. The van der Waals surface area contributed by atoms with Crippen LogP contribution in [0.1, 0.15) is 39.7 Å². The first kappa shape index (κ1) is 15.3. The Balaban J connectivity index is 2.55. The molecule has 0 fully saturated rings. The molecule has 19 heavy (non-hydrogen) atoms. The van der Waals surface area contributed by atoms with E-state index in [4.69, 9.17) is 4.74 Å². The van der Waals surface area contributed by atoms with Crippen molar-refractivity contribution < 1.29 is 9.53 Å². The highest BCUT2D eigenvalue weighted by atomic mass is 16.5. The molecule has 0 saturated carbocycles. The van der Waals surface area contributed by atoms with Gasteiger partial charge in [0.15, 0.2) is 0 Å². The summed E-state index contributed by atoms with van der Waals surface area (Å²) in [5.74, 6) is 0.775. The summed E-state index contributed by atoms with van der Waals surface area (Å²) in [5, 5.41) is 2.88. The fraction of sp³-hybridized carbons (Fsp3) is 0.438. The van der Waals surface area contributed by atoms with Gasteiger partial charge in [-0.05, 0) is 51.0 Å². The highest BCUT2D eigenvalue weighted by Gasteiger charge is 2.10. The molecule has 0 bridgehead atoms. The highest BCUT2D eigenvalue weighted by molar-refractivity contribution is 5.92. The first-order valence-corrected chi connectivity index (χ1v) is 6.64. The maximum absolute atomic E-state index is 11.6. The van der Waals surface area contributed by atoms with E-state index >= 15 is 0 Å². The molecule has 1 rings (SSSR count). The van der Waals surface area contributed by atoms with Crippen molar-refractivity contribution in [2.45, 2.75) is 39.7 Å². The summed E-state index contributed by atoms with van der Waals surface area (Å²) in [6.45, 7) is 8.67. The summed E-state index contributed by atoms with van der Waals surface area (Å²) in [4.78, 5) is 11.6. The van der Waals surface area contributed by atoms with Crippen LogP contribution in [0, 0.1) is 0 Å². The van der Waals surface area contributed by atoms with Gasteiger partial charge in [-0.15, -0.1) is 0 Å². The third-order valence-electron chi connectivity index (χ3n) is 2.28. The van der Waals surface area contributed by atoms with Crippen molar-refractivity contribution in [3.05, 3.63) is 35.9 Å². The molecule has 0 saturated heterocycles.